The molecule has 16 heavy (non-hydrogen) atoms. The number of nitrogens with two attached hydrogens (primary N) is 1. The van der Waals surface area contributed by atoms with E-state index in [9.17, 15) is 9.90 Å². The normalized spacial score (nSPS) is 10.3. The van der Waals surface area contributed by atoms with E-state index < -0.39 is 0 Å². The van der Waals surface area contributed by atoms with Crippen LogP contribution in [0.25, 0.3) is 5.69 Å². The largest absolute Gasteiger partial charge is 0.508 e. The zero-order chi connectivity index (χ0) is 11.7. The molecule has 0 atom stereocenters. The Morgan fingerprint density at radius 3 is 2.38 bits per heavy atom. The molecule has 0 bridgehead atoms. The lowest BCUT2D eigenvalue weighted by atomic mass is 10.2. The molecule has 0 saturated carbocycles. The van der Waals surface area contributed by atoms with Crippen LogP contribution < -0.4 is 11.3 Å². The summed E-state index contributed by atoms with van der Waals surface area (Å²) >= 11 is 0. The molecule has 2 aromatic rings. The topological polar surface area (TPSA) is 68.2 Å². The third kappa shape index (κ3) is 1.77. The van der Waals surface area contributed by atoms with Crippen molar-refractivity contribution in [2.24, 2.45) is 0 Å². The van der Waals surface area contributed by atoms with E-state index in [1.54, 1.807) is 18.2 Å². The standard InChI is InChI=1S/C12H12N2O2/c1-8-6-9(13)7-12(16)14(8)10-2-4-11(15)5-3-10/h2-7,15H,13H2,1H3. The summed E-state index contributed by atoms with van der Waals surface area (Å²) in [5.41, 5.74) is 7.32. The first kappa shape index (κ1) is 10.3. The van der Waals surface area contributed by atoms with Crippen LogP contribution in [0.2, 0.25) is 0 Å². The Bertz CT molecular complexity index is 571. The number of anilines is 1. The van der Waals surface area contributed by atoms with Crippen LogP contribution >= 0.6 is 0 Å². The fourth-order valence-electron chi connectivity index (χ4n) is 1.66. The Morgan fingerprint density at radius 1 is 1.19 bits per heavy atom. The van der Waals surface area contributed by atoms with E-state index in [-0.39, 0.29) is 11.3 Å². The number of phenols is 1. The van der Waals surface area contributed by atoms with Crippen LogP contribution in [0.4, 0.5) is 5.69 Å². The highest BCUT2D eigenvalue weighted by atomic mass is 16.3. The number of rotatable bonds is 1. The number of nitrogens with zero attached hydrogens (tertiary/aromatic N) is 1. The molecular weight excluding hydrogens is 204 g/mol. The van der Waals surface area contributed by atoms with Gasteiger partial charge in [-0.3, -0.25) is 9.36 Å². The van der Waals surface area contributed by atoms with Crippen LogP contribution in [0.5, 0.6) is 5.75 Å². The SMILES string of the molecule is Cc1cc(N)cc(=O)n1-c1ccc(O)cc1. The van der Waals surface area contributed by atoms with Crippen LogP contribution in [-0.2, 0) is 0 Å². The number of pyridine rings is 1. The van der Waals surface area contributed by atoms with Gasteiger partial charge >= 0.3 is 0 Å². The molecule has 0 aliphatic rings. The molecule has 0 unspecified atom stereocenters. The molecule has 0 aliphatic carbocycles. The summed E-state index contributed by atoms with van der Waals surface area (Å²) in [6.45, 7) is 1.81. The highest BCUT2D eigenvalue weighted by molar-refractivity contribution is 5.44. The first-order chi connectivity index (χ1) is 7.58. The molecule has 0 radical (unpaired) electrons. The van der Waals surface area contributed by atoms with E-state index in [4.69, 9.17) is 5.73 Å². The molecule has 0 amide bonds. The second kappa shape index (κ2) is 3.73. The summed E-state index contributed by atoms with van der Waals surface area (Å²) < 4.78 is 1.54. The number of aryl methyl sites for hydroxylation is 1. The summed E-state index contributed by atoms with van der Waals surface area (Å²) in [7, 11) is 0. The van der Waals surface area contributed by atoms with E-state index in [2.05, 4.69) is 0 Å². The average Bonchev–Trinajstić information content (AvgIpc) is 2.19. The van der Waals surface area contributed by atoms with E-state index in [0.717, 1.165) is 5.69 Å². The van der Waals surface area contributed by atoms with Crippen LogP contribution in [-0.4, -0.2) is 9.67 Å². The molecule has 3 N–H and O–H groups in total. The zero-order valence-electron chi connectivity index (χ0n) is 8.84. The number of nitrogen functional groups attached to an aromatic ring is 1. The minimum atomic E-state index is -0.178. The molecule has 4 heteroatoms. The summed E-state index contributed by atoms with van der Waals surface area (Å²) in [5, 5.41) is 9.18. The maximum Gasteiger partial charge on any atom is 0.257 e. The van der Waals surface area contributed by atoms with Gasteiger partial charge in [-0.25, -0.2) is 0 Å². The molecule has 0 fully saturated rings. The first-order valence-electron chi connectivity index (χ1n) is 4.86. The molecule has 2 rings (SSSR count). The van der Waals surface area contributed by atoms with Gasteiger partial charge in [0.05, 0.1) is 0 Å². The quantitative estimate of drug-likeness (QED) is 0.757. The molecule has 4 nitrogen and oxygen atoms in total. The maximum absolute atomic E-state index is 11.8. The summed E-state index contributed by atoms with van der Waals surface area (Å²) in [6.07, 6.45) is 0. The smallest absolute Gasteiger partial charge is 0.257 e. The summed E-state index contributed by atoms with van der Waals surface area (Å²) in [4.78, 5) is 11.8. The number of phenolic OH excluding ortho intramolecular Hbond substituents is 1. The van der Waals surface area contributed by atoms with Crippen molar-refractivity contribution in [3.63, 3.8) is 0 Å². The Kier molecular flexibility index (Phi) is 2.40. The number of benzene rings is 1. The van der Waals surface area contributed by atoms with Crippen molar-refractivity contribution >= 4 is 5.69 Å². The van der Waals surface area contributed by atoms with Crippen LogP contribution in [0.1, 0.15) is 5.69 Å². The van der Waals surface area contributed by atoms with Crippen molar-refractivity contribution < 1.29 is 5.11 Å². The van der Waals surface area contributed by atoms with E-state index in [1.165, 1.54) is 22.8 Å². The van der Waals surface area contributed by atoms with Crippen molar-refractivity contribution in [3.05, 3.63) is 52.4 Å². The van der Waals surface area contributed by atoms with Crippen molar-refractivity contribution in [1.82, 2.24) is 4.57 Å². The second-order valence-corrected chi connectivity index (χ2v) is 3.62. The highest BCUT2D eigenvalue weighted by Gasteiger charge is 2.04. The first-order valence-corrected chi connectivity index (χ1v) is 4.86. The van der Waals surface area contributed by atoms with Crippen molar-refractivity contribution in [2.75, 3.05) is 5.73 Å². The lowest BCUT2D eigenvalue weighted by Crippen LogP contribution is -2.20. The van der Waals surface area contributed by atoms with Crippen molar-refractivity contribution in [2.45, 2.75) is 6.92 Å². The molecule has 0 saturated heterocycles. The van der Waals surface area contributed by atoms with Crippen molar-refractivity contribution in [3.8, 4) is 11.4 Å². The third-order valence-electron chi connectivity index (χ3n) is 2.35. The monoisotopic (exact) mass is 216 g/mol. The Morgan fingerprint density at radius 2 is 1.81 bits per heavy atom. The molecule has 1 aromatic carbocycles. The van der Waals surface area contributed by atoms with Crippen LogP contribution in [0, 0.1) is 6.92 Å². The van der Waals surface area contributed by atoms with Crippen LogP contribution in [0.15, 0.2) is 41.2 Å². The number of aromatic hydroxyl groups is 1. The van der Waals surface area contributed by atoms with Gasteiger partial charge in [0, 0.05) is 23.1 Å². The molecule has 1 aromatic heterocycles. The maximum atomic E-state index is 11.8. The fourth-order valence-corrected chi connectivity index (χ4v) is 1.66. The Hall–Kier alpha value is -2.23. The van der Waals surface area contributed by atoms with Gasteiger partial charge in [-0.05, 0) is 37.3 Å². The molecule has 1 heterocycles. The minimum absolute atomic E-state index is 0.171. The lowest BCUT2D eigenvalue weighted by molar-refractivity contribution is 0.475. The van der Waals surface area contributed by atoms with Gasteiger partial charge in [-0.1, -0.05) is 0 Å². The molecule has 0 spiro atoms. The second-order valence-electron chi connectivity index (χ2n) is 3.62. The van der Waals surface area contributed by atoms with Gasteiger partial charge in [0.2, 0.25) is 0 Å². The number of hydrogen-bond acceptors (Lipinski definition) is 3. The van der Waals surface area contributed by atoms with E-state index in [0.29, 0.717) is 11.4 Å². The van der Waals surface area contributed by atoms with Crippen LogP contribution in [0.3, 0.4) is 0 Å². The Labute approximate surface area is 92.6 Å². The summed E-state index contributed by atoms with van der Waals surface area (Å²) in [5.74, 6) is 0.171. The van der Waals surface area contributed by atoms with Gasteiger partial charge in [0.25, 0.3) is 5.56 Å². The summed E-state index contributed by atoms with van der Waals surface area (Å²) in [6, 6.07) is 9.54. The Balaban J connectivity index is 2.65. The predicted molar refractivity (Wildman–Crippen MR) is 62.9 cm³/mol. The van der Waals surface area contributed by atoms with Gasteiger partial charge < -0.3 is 10.8 Å². The number of hydrogen-bond donors (Lipinski definition) is 2. The van der Waals surface area contributed by atoms with Gasteiger partial charge in [0.15, 0.2) is 0 Å². The average molecular weight is 216 g/mol. The molecular formula is C12H12N2O2. The molecule has 82 valence electrons. The fraction of sp³-hybridized carbons (Fsp3) is 0.0833. The predicted octanol–water partition coefficient (Wildman–Crippen LogP) is 1.43. The number of aromatic nitrogens is 1. The zero-order valence-corrected chi connectivity index (χ0v) is 8.84. The van der Waals surface area contributed by atoms with Gasteiger partial charge in [-0.15, -0.1) is 0 Å². The lowest BCUT2D eigenvalue weighted by Gasteiger charge is -2.10. The van der Waals surface area contributed by atoms with Crippen molar-refractivity contribution in [1.29, 1.82) is 0 Å². The third-order valence-corrected chi connectivity index (χ3v) is 2.35. The van der Waals surface area contributed by atoms with Gasteiger partial charge in [-0.2, -0.15) is 0 Å². The highest BCUT2D eigenvalue weighted by Crippen LogP contribution is 2.14. The molecule has 0 aliphatic heterocycles. The van der Waals surface area contributed by atoms with Gasteiger partial charge in [0.1, 0.15) is 5.75 Å². The van der Waals surface area contributed by atoms with E-state index in [1.807, 2.05) is 6.92 Å². The van der Waals surface area contributed by atoms with E-state index >= 15 is 0 Å². The minimum Gasteiger partial charge on any atom is -0.508 e.